The Morgan fingerprint density at radius 1 is 0.818 bits per heavy atom. The number of hydrogen-bond acceptors (Lipinski definition) is 6. The molecule has 33 heavy (non-hydrogen) atoms. The Kier molecular flexibility index (Phi) is 20.8. The Bertz CT molecular complexity index is 436. The highest BCUT2D eigenvalue weighted by molar-refractivity contribution is 6.77. The normalized spacial score (nSPS) is 14.1. The molecule has 1 unspecified atom stereocenters. The summed E-state index contributed by atoms with van der Waals surface area (Å²) in [5, 5.41) is 4.38. The van der Waals surface area contributed by atoms with E-state index in [1.165, 1.54) is 58.2 Å². The molecule has 0 radical (unpaired) electrons. The molecule has 0 aromatic rings. The van der Waals surface area contributed by atoms with Crippen molar-refractivity contribution < 1.29 is 17.7 Å². The third kappa shape index (κ3) is 15.2. The number of nitrogens with one attached hydrogen (secondary N) is 1. The molecule has 0 saturated carbocycles. The van der Waals surface area contributed by atoms with Crippen LogP contribution in [0.1, 0.15) is 72.6 Å². The highest BCUT2D eigenvalue weighted by Crippen LogP contribution is 2.28. The van der Waals surface area contributed by atoms with E-state index in [4.69, 9.17) is 17.7 Å². The standard InChI is InChI=1S/C24H58N2O4Si3/c1-9-26(10-2)21-17-15-13-14-16-19-24(33(8,27-5)28-6)31-23-25-20-18-22-32(7,29-11-3)30-12-4/h24-25H,9-23,31H2,1-8H3. The summed E-state index contributed by atoms with van der Waals surface area (Å²) in [5.41, 5.74) is 0. The van der Waals surface area contributed by atoms with Crippen LogP contribution in [-0.4, -0.2) is 91.3 Å². The zero-order valence-corrected chi connectivity index (χ0v) is 26.9. The zero-order valence-electron chi connectivity index (χ0n) is 23.5. The van der Waals surface area contributed by atoms with Gasteiger partial charge in [-0.25, -0.2) is 0 Å². The minimum atomic E-state index is -2.06. The van der Waals surface area contributed by atoms with E-state index in [9.17, 15) is 0 Å². The lowest BCUT2D eigenvalue weighted by atomic mass is 10.1. The van der Waals surface area contributed by atoms with Crippen LogP contribution in [0.5, 0.6) is 0 Å². The molecule has 1 N–H and O–H groups in total. The van der Waals surface area contributed by atoms with Crippen LogP contribution >= 0.6 is 0 Å². The van der Waals surface area contributed by atoms with Gasteiger partial charge in [-0.15, -0.1) is 0 Å². The molecule has 6 nitrogen and oxygen atoms in total. The first-order chi connectivity index (χ1) is 15.8. The van der Waals surface area contributed by atoms with E-state index in [1.807, 2.05) is 14.2 Å². The van der Waals surface area contributed by atoms with Crippen LogP contribution in [0.3, 0.4) is 0 Å². The van der Waals surface area contributed by atoms with Crippen LogP contribution in [0.2, 0.25) is 24.3 Å². The minimum Gasteiger partial charge on any atom is -0.398 e. The largest absolute Gasteiger partial charge is 0.398 e. The van der Waals surface area contributed by atoms with Crippen molar-refractivity contribution in [2.45, 2.75) is 96.9 Å². The van der Waals surface area contributed by atoms with Crippen LogP contribution in [0.4, 0.5) is 0 Å². The lowest BCUT2D eigenvalue weighted by molar-refractivity contribution is 0.188. The number of nitrogens with zero attached hydrogens (tertiary/aromatic N) is 1. The van der Waals surface area contributed by atoms with E-state index in [0.29, 0.717) is 5.16 Å². The fourth-order valence-electron chi connectivity index (χ4n) is 4.61. The van der Waals surface area contributed by atoms with E-state index in [0.717, 1.165) is 38.4 Å². The fraction of sp³-hybridized carbons (Fsp3) is 1.00. The van der Waals surface area contributed by atoms with Gasteiger partial charge in [-0.3, -0.25) is 0 Å². The number of rotatable bonds is 24. The average molecular weight is 523 g/mol. The van der Waals surface area contributed by atoms with Gasteiger partial charge in [0.15, 0.2) is 0 Å². The maximum atomic E-state index is 5.96. The molecule has 9 heteroatoms. The van der Waals surface area contributed by atoms with Gasteiger partial charge in [-0.2, -0.15) is 0 Å². The summed E-state index contributed by atoms with van der Waals surface area (Å²) in [6.07, 6.45) is 10.2. The van der Waals surface area contributed by atoms with Crippen molar-refractivity contribution >= 4 is 26.6 Å². The third-order valence-corrected chi connectivity index (χ3v) is 18.3. The second-order valence-corrected chi connectivity index (χ2v) is 19.2. The monoisotopic (exact) mass is 522 g/mol. The molecule has 0 amide bonds. The molecule has 0 aliphatic heterocycles. The first-order valence-electron chi connectivity index (χ1n) is 13.7. The second kappa shape index (κ2) is 20.6. The number of hydrogen-bond donors (Lipinski definition) is 1. The molecule has 0 aromatic heterocycles. The Balaban J connectivity index is 4.28. The Labute approximate surface area is 211 Å². The Morgan fingerprint density at radius 3 is 1.94 bits per heavy atom. The second-order valence-electron chi connectivity index (χ2n) is 9.35. The Morgan fingerprint density at radius 2 is 1.39 bits per heavy atom. The summed E-state index contributed by atoms with van der Waals surface area (Å²) in [4.78, 5) is 2.53. The van der Waals surface area contributed by atoms with Crippen LogP contribution in [0, 0.1) is 0 Å². The van der Waals surface area contributed by atoms with E-state index in [-0.39, 0.29) is 9.52 Å². The summed E-state index contributed by atoms with van der Waals surface area (Å²) in [6, 6.07) is 1.06. The molecular formula is C24H58N2O4Si3. The van der Waals surface area contributed by atoms with Gasteiger partial charge in [0.1, 0.15) is 0 Å². The summed E-state index contributed by atoms with van der Waals surface area (Å²) in [5.74, 6) is 0. The van der Waals surface area contributed by atoms with Gasteiger partial charge in [0.05, 0.1) is 0 Å². The maximum Gasteiger partial charge on any atom is 0.334 e. The maximum absolute atomic E-state index is 5.96. The average Bonchev–Trinajstić information content (AvgIpc) is 2.81. The molecule has 0 aliphatic carbocycles. The third-order valence-electron chi connectivity index (χ3n) is 7.03. The van der Waals surface area contributed by atoms with Gasteiger partial charge in [0.2, 0.25) is 0 Å². The first-order valence-corrected chi connectivity index (χ1v) is 20.4. The van der Waals surface area contributed by atoms with Gasteiger partial charge in [0, 0.05) is 37.0 Å². The van der Waals surface area contributed by atoms with Crippen LogP contribution < -0.4 is 5.32 Å². The summed E-state index contributed by atoms with van der Waals surface area (Å²) in [6.45, 7) is 19.2. The highest BCUT2D eigenvalue weighted by Gasteiger charge is 2.38. The van der Waals surface area contributed by atoms with Crippen molar-refractivity contribution in [3.05, 3.63) is 0 Å². The predicted octanol–water partition coefficient (Wildman–Crippen LogP) is 4.61. The van der Waals surface area contributed by atoms with Gasteiger partial charge >= 0.3 is 17.1 Å². The van der Waals surface area contributed by atoms with Gasteiger partial charge < -0.3 is 27.9 Å². The quantitative estimate of drug-likeness (QED) is 0.148. The summed E-state index contributed by atoms with van der Waals surface area (Å²) < 4.78 is 23.8. The van der Waals surface area contributed by atoms with Crippen molar-refractivity contribution in [1.29, 1.82) is 0 Å². The fourth-order valence-corrected chi connectivity index (χ4v) is 13.5. The van der Waals surface area contributed by atoms with Crippen molar-refractivity contribution in [2.24, 2.45) is 0 Å². The molecule has 0 aromatic carbocycles. The van der Waals surface area contributed by atoms with Crippen molar-refractivity contribution in [2.75, 3.05) is 59.8 Å². The number of unbranched alkanes of at least 4 members (excludes halogenated alkanes) is 4. The molecule has 0 rings (SSSR count). The van der Waals surface area contributed by atoms with E-state index in [2.05, 4.69) is 51.0 Å². The molecule has 0 heterocycles. The molecule has 0 aliphatic rings. The molecule has 0 bridgehead atoms. The SMILES string of the molecule is CCO[Si](C)(CCCNC[SiH2]C(CCCCCCCN(CC)CC)[Si](C)(OC)OC)OCC. The summed E-state index contributed by atoms with van der Waals surface area (Å²) >= 11 is 0. The first kappa shape index (κ1) is 33.4. The van der Waals surface area contributed by atoms with Crippen LogP contribution in [-0.2, 0) is 17.7 Å². The lowest BCUT2D eigenvalue weighted by Crippen LogP contribution is -2.46. The smallest absolute Gasteiger partial charge is 0.334 e. The molecule has 1 atom stereocenters. The topological polar surface area (TPSA) is 52.2 Å². The van der Waals surface area contributed by atoms with E-state index < -0.39 is 17.1 Å². The highest BCUT2D eigenvalue weighted by atomic mass is 28.4. The van der Waals surface area contributed by atoms with Crippen molar-refractivity contribution in [3.63, 3.8) is 0 Å². The lowest BCUT2D eigenvalue weighted by Gasteiger charge is -2.32. The van der Waals surface area contributed by atoms with E-state index in [1.54, 1.807) is 0 Å². The van der Waals surface area contributed by atoms with Crippen molar-refractivity contribution in [3.8, 4) is 0 Å². The zero-order chi connectivity index (χ0) is 25.0. The molecule has 0 fully saturated rings. The predicted molar refractivity (Wildman–Crippen MR) is 151 cm³/mol. The van der Waals surface area contributed by atoms with Gasteiger partial charge in [-0.1, -0.05) is 46.0 Å². The molecule has 200 valence electrons. The van der Waals surface area contributed by atoms with Gasteiger partial charge in [0.25, 0.3) is 0 Å². The van der Waals surface area contributed by atoms with Crippen LogP contribution in [0.25, 0.3) is 0 Å². The minimum absolute atomic E-state index is 0.300. The Hall–Kier alpha value is 0.411. The van der Waals surface area contributed by atoms with Gasteiger partial charge in [-0.05, 0) is 83.3 Å². The van der Waals surface area contributed by atoms with Crippen LogP contribution in [0.15, 0.2) is 0 Å². The molecule has 0 spiro atoms. The molecule has 0 saturated heterocycles. The summed E-state index contributed by atoms with van der Waals surface area (Å²) in [7, 11) is -0.642. The molecular weight excluding hydrogens is 465 g/mol. The van der Waals surface area contributed by atoms with E-state index >= 15 is 0 Å². The van der Waals surface area contributed by atoms with Crippen molar-refractivity contribution in [1.82, 2.24) is 10.2 Å².